The summed E-state index contributed by atoms with van der Waals surface area (Å²) in [5.74, 6) is 1.34. The lowest BCUT2D eigenvalue weighted by Gasteiger charge is -2.39. The normalized spacial score (nSPS) is 29.4. The van der Waals surface area contributed by atoms with E-state index >= 15 is 0 Å². The van der Waals surface area contributed by atoms with Crippen LogP contribution in [0.1, 0.15) is 36.8 Å². The van der Waals surface area contributed by atoms with Crippen molar-refractivity contribution in [1.29, 1.82) is 0 Å². The summed E-state index contributed by atoms with van der Waals surface area (Å²) in [6.07, 6.45) is 9.86. The van der Waals surface area contributed by atoms with Crippen LogP contribution in [0.25, 0.3) is 5.57 Å². The van der Waals surface area contributed by atoms with Gasteiger partial charge in [-0.15, -0.1) is 0 Å². The number of allylic oxidation sites excluding steroid dienone is 2. The average Bonchev–Trinajstić information content (AvgIpc) is 3.37. The molecule has 1 saturated carbocycles. The number of ether oxygens (including phenoxy) is 3. The fourth-order valence-corrected chi connectivity index (χ4v) is 5.01. The van der Waals surface area contributed by atoms with Crippen molar-refractivity contribution < 1.29 is 14.2 Å². The van der Waals surface area contributed by atoms with Crippen molar-refractivity contribution in [2.75, 3.05) is 13.2 Å². The summed E-state index contributed by atoms with van der Waals surface area (Å²) in [7, 11) is 0. The third-order valence-corrected chi connectivity index (χ3v) is 6.69. The van der Waals surface area contributed by atoms with Crippen LogP contribution in [0.4, 0.5) is 0 Å². The molecular formula is C26H29NO3. The van der Waals surface area contributed by atoms with E-state index in [0.717, 1.165) is 59.4 Å². The second-order valence-corrected chi connectivity index (χ2v) is 8.70. The Bertz CT molecular complexity index is 970. The van der Waals surface area contributed by atoms with E-state index in [4.69, 9.17) is 14.2 Å². The minimum atomic E-state index is -0.355. The van der Waals surface area contributed by atoms with Gasteiger partial charge < -0.3 is 19.5 Å². The molecule has 0 aromatic heterocycles. The van der Waals surface area contributed by atoms with Gasteiger partial charge in [0.25, 0.3) is 0 Å². The summed E-state index contributed by atoms with van der Waals surface area (Å²) < 4.78 is 18.3. The molecule has 1 N–H and O–H groups in total. The molecule has 1 spiro atoms. The molecule has 1 aromatic rings. The molecular weight excluding hydrogens is 374 g/mol. The number of rotatable bonds is 3. The maximum absolute atomic E-state index is 6.80. The number of nitrogens with one attached hydrogen (secondary N) is 1. The van der Waals surface area contributed by atoms with Gasteiger partial charge in [-0.25, -0.2) is 0 Å². The first-order valence-corrected chi connectivity index (χ1v) is 10.8. The SMILES string of the molecule is C=C1C=CC(C2=C(c3cccc(C)c3)C(=C)C3(CCC(C4OCCO4)CC3)O2)=CN1. The molecule has 0 unspecified atom stereocenters. The topological polar surface area (TPSA) is 39.7 Å². The van der Waals surface area contributed by atoms with Crippen LogP contribution in [0.15, 0.2) is 78.4 Å². The predicted molar refractivity (Wildman–Crippen MR) is 118 cm³/mol. The van der Waals surface area contributed by atoms with E-state index in [1.54, 1.807) is 0 Å². The minimum absolute atomic E-state index is 0.0557. The van der Waals surface area contributed by atoms with Crippen molar-refractivity contribution in [2.24, 2.45) is 5.92 Å². The number of hydrogen-bond donors (Lipinski definition) is 1. The highest BCUT2D eigenvalue weighted by molar-refractivity contribution is 5.87. The zero-order valence-corrected chi connectivity index (χ0v) is 17.6. The van der Waals surface area contributed by atoms with Gasteiger partial charge in [-0.05, 0) is 55.9 Å². The van der Waals surface area contributed by atoms with Gasteiger partial charge in [0.2, 0.25) is 0 Å². The summed E-state index contributed by atoms with van der Waals surface area (Å²) in [4.78, 5) is 0. The Morgan fingerprint density at radius 2 is 1.83 bits per heavy atom. The second-order valence-electron chi connectivity index (χ2n) is 8.70. The third kappa shape index (κ3) is 3.34. The summed E-state index contributed by atoms with van der Waals surface area (Å²) >= 11 is 0. The monoisotopic (exact) mass is 403 g/mol. The summed E-state index contributed by atoms with van der Waals surface area (Å²) in [6, 6.07) is 8.59. The van der Waals surface area contributed by atoms with Gasteiger partial charge in [-0.1, -0.05) is 43.0 Å². The van der Waals surface area contributed by atoms with Crippen molar-refractivity contribution in [2.45, 2.75) is 44.5 Å². The molecule has 156 valence electrons. The molecule has 0 atom stereocenters. The molecule has 30 heavy (non-hydrogen) atoms. The predicted octanol–water partition coefficient (Wildman–Crippen LogP) is 5.15. The van der Waals surface area contributed by atoms with Gasteiger partial charge in [0.1, 0.15) is 11.4 Å². The van der Waals surface area contributed by atoms with Gasteiger partial charge in [-0.2, -0.15) is 0 Å². The van der Waals surface area contributed by atoms with Crippen LogP contribution in [-0.4, -0.2) is 25.1 Å². The first-order valence-electron chi connectivity index (χ1n) is 10.8. The highest BCUT2D eigenvalue weighted by Crippen LogP contribution is 2.53. The molecule has 0 bridgehead atoms. The number of dihydropyridines is 1. The molecule has 2 fully saturated rings. The van der Waals surface area contributed by atoms with Crippen LogP contribution in [0.5, 0.6) is 0 Å². The quantitative estimate of drug-likeness (QED) is 0.758. The largest absolute Gasteiger partial charge is 0.481 e. The van der Waals surface area contributed by atoms with Crippen molar-refractivity contribution in [3.05, 3.63) is 89.5 Å². The lowest BCUT2D eigenvalue weighted by atomic mass is 9.73. The van der Waals surface area contributed by atoms with E-state index < -0.39 is 0 Å². The molecule has 3 heterocycles. The minimum Gasteiger partial charge on any atom is -0.481 e. The molecule has 4 heteroatoms. The van der Waals surface area contributed by atoms with E-state index in [-0.39, 0.29) is 11.9 Å². The molecule has 3 aliphatic heterocycles. The molecule has 0 radical (unpaired) electrons. The van der Waals surface area contributed by atoms with Gasteiger partial charge in [0.15, 0.2) is 6.29 Å². The van der Waals surface area contributed by atoms with Crippen LogP contribution >= 0.6 is 0 Å². The summed E-state index contributed by atoms with van der Waals surface area (Å²) in [5.41, 5.74) is 6.15. The summed E-state index contributed by atoms with van der Waals surface area (Å²) in [5, 5.41) is 3.22. The van der Waals surface area contributed by atoms with Crippen molar-refractivity contribution in [3.8, 4) is 0 Å². The van der Waals surface area contributed by atoms with E-state index in [1.165, 1.54) is 5.56 Å². The molecule has 1 aliphatic carbocycles. The fourth-order valence-electron chi connectivity index (χ4n) is 5.01. The highest BCUT2D eigenvalue weighted by atomic mass is 16.7. The molecule has 5 rings (SSSR count). The van der Waals surface area contributed by atoms with Gasteiger partial charge >= 0.3 is 0 Å². The van der Waals surface area contributed by atoms with Gasteiger partial charge in [-0.3, -0.25) is 0 Å². The van der Waals surface area contributed by atoms with Crippen LogP contribution in [0.2, 0.25) is 0 Å². The molecule has 0 amide bonds. The lowest BCUT2D eigenvalue weighted by Crippen LogP contribution is -2.38. The van der Waals surface area contributed by atoms with E-state index in [0.29, 0.717) is 19.1 Å². The Morgan fingerprint density at radius 3 is 2.50 bits per heavy atom. The zero-order valence-electron chi connectivity index (χ0n) is 17.6. The fraction of sp³-hybridized carbons (Fsp3) is 0.385. The van der Waals surface area contributed by atoms with Crippen LogP contribution in [-0.2, 0) is 14.2 Å². The number of hydrogen-bond acceptors (Lipinski definition) is 4. The zero-order chi connectivity index (χ0) is 20.7. The molecule has 1 saturated heterocycles. The Hall–Kier alpha value is -2.56. The number of aryl methyl sites for hydroxylation is 1. The van der Waals surface area contributed by atoms with E-state index in [1.807, 2.05) is 12.3 Å². The standard InChI is InChI=1S/C26H29NO3/c1-17-5-4-6-21(15-17)23-19(3)26(30-24(23)22-8-7-18(2)27-16-22)11-9-20(10-12-26)25-28-13-14-29-25/h4-8,15-16,20,25,27H,2-3,9-14H2,1H3. The Labute approximate surface area is 178 Å². The lowest BCUT2D eigenvalue weighted by molar-refractivity contribution is -0.108. The number of benzene rings is 1. The Balaban J connectivity index is 1.47. The van der Waals surface area contributed by atoms with Crippen molar-refractivity contribution in [3.63, 3.8) is 0 Å². The Kier molecular flexibility index (Phi) is 4.92. The van der Waals surface area contributed by atoms with E-state index in [9.17, 15) is 0 Å². The van der Waals surface area contributed by atoms with Gasteiger partial charge in [0.05, 0.1) is 13.2 Å². The van der Waals surface area contributed by atoms with Crippen molar-refractivity contribution >= 4 is 5.57 Å². The molecule has 1 aromatic carbocycles. The smallest absolute Gasteiger partial charge is 0.160 e. The van der Waals surface area contributed by atoms with Crippen LogP contribution in [0.3, 0.4) is 0 Å². The average molecular weight is 404 g/mol. The maximum atomic E-state index is 6.80. The Morgan fingerprint density at radius 1 is 1.07 bits per heavy atom. The maximum Gasteiger partial charge on any atom is 0.160 e. The van der Waals surface area contributed by atoms with E-state index in [2.05, 4.69) is 55.7 Å². The molecule has 4 aliphatic rings. The van der Waals surface area contributed by atoms with Crippen LogP contribution in [0, 0.1) is 12.8 Å². The van der Waals surface area contributed by atoms with Crippen molar-refractivity contribution in [1.82, 2.24) is 5.32 Å². The highest BCUT2D eigenvalue weighted by Gasteiger charge is 2.49. The summed E-state index contributed by atoms with van der Waals surface area (Å²) in [6.45, 7) is 12.1. The van der Waals surface area contributed by atoms with Gasteiger partial charge in [0, 0.05) is 29.0 Å². The third-order valence-electron chi connectivity index (χ3n) is 6.69. The molecule has 4 nitrogen and oxygen atoms in total. The first-order chi connectivity index (χ1) is 14.6. The first kappa shape index (κ1) is 19.4. The second kappa shape index (κ2) is 7.60. The van der Waals surface area contributed by atoms with Crippen LogP contribution < -0.4 is 5.32 Å².